The molecule has 2 rings (SSSR count). The first-order valence-corrected chi connectivity index (χ1v) is 5.12. The zero-order chi connectivity index (χ0) is 9.26. The number of hydrogen-bond acceptors (Lipinski definition) is 2. The molecule has 1 nitrogen and oxygen atoms in total. The van der Waals surface area contributed by atoms with Gasteiger partial charge in [-0.25, -0.2) is 4.98 Å². The molecule has 0 amide bonds. The molecule has 65 valence electrons. The summed E-state index contributed by atoms with van der Waals surface area (Å²) in [6.07, 6.45) is 1.72. The lowest BCUT2D eigenvalue weighted by atomic mass is 10.2. The summed E-state index contributed by atoms with van der Waals surface area (Å²) in [7, 11) is 0. The molecule has 0 aliphatic heterocycles. The first kappa shape index (κ1) is 9.00. The van der Waals surface area contributed by atoms with E-state index in [1.807, 2.05) is 12.1 Å². The summed E-state index contributed by atoms with van der Waals surface area (Å²) in [5.74, 6) is 0. The van der Waals surface area contributed by atoms with E-state index in [0.717, 1.165) is 10.4 Å². The number of hydrogen-bond donors (Lipinski definition) is 0. The third kappa shape index (κ3) is 1.70. The fraction of sp³-hybridized carbons (Fsp3) is 0. The van der Waals surface area contributed by atoms with Gasteiger partial charge in [0.05, 0.1) is 14.9 Å². The van der Waals surface area contributed by atoms with Crippen LogP contribution in [-0.4, -0.2) is 4.98 Å². The minimum Gasteiger partial charge on any atom is -0.241 e. The Balaban J connectivity index is 2.59. The molecule has 0 unspecified atom stereocenters. The Bertz CT molecular complexity index is 412. The van der Waals surface area contributed by atoms with Gasteiger partial charge in [0.2, 0.25) is 0 Å². The minimum absolute atomic E-state index is 0.563. The molecule has 0 N–H and O–H groups in total. The topological polar surface area (TPSA) is 12.9 Å². The highest BCUT2D eigenvalue weighted by Crippen LogP contribution is 2.34. The molecule has 0 saturated carbocycles. The summed E-state index contributed by atoms with van der Waals surface area (Å²) >= 11 is 13.3. The number of rotatable bonds is 1. The molecule has 13 heavy (non-hydrogen) atoms. The van der Waals surface area contributed by atoms with Gasteiger partial charge in [0.1, 0.15) is 0 Å². The molecule has 0 aliphatic carbocycles. The fourth-order valence-corrected chi connectivity index (χ4v) is 2.05. The maximum Gasteiger partial charge on any atom is 0.152 e. The highest BCUT2D eigenvalue weighted by Gasteiger charge is 2.07. The van der Waals surface area contributed by atoms with E-state index in [0.29, 0.717) is 10.0 Å². The van der Waals surface area contributed by atoms with E-state index >= 15 is 0 Å². The minimum atomic E-state index is 0.563. The largest absolute Gasteiger partial charge is 0.241 e. The molecule has 1 heterocycles. The highest BCUT2D eigenvalue weighted by molar-refractivity contribution is 7.12. The van der Waals surface area contributed by atoms with Crippen LogP contribution in [0, 0.1) is 5.51 Å². The average molecular weight is 229 g/mol. The van der Waals surface area contributed by atoms with E-state index in [1.165, 1.54) is 11.3 Å². The van der Waals surface area contributed by atoms with Crippen LogP contribution < -0.4 is 0 Å². The van der Waals surface area contributed by atoms with Gasteiger partial charge in [-0.2, -0.15) is 0 Å². The highest BCUT2D eigenvalue weighted by atomic mass is 35.5. The second-order valence-electron chi connectivity index (χ2n) is 2.42. The zero-order valence-corrected chi connectivity index (χ0v) is 8.75. The molecule has 0 aliphatic rings. The number of thiazole rings is 1. The molecular weight excluding hydrogens is 225 g/mol. The number of aromatic nitrogens is 1. The van der Waals surface area contributed by atoms with Crippen LogP contribution in [0.15, 0.2) is 24.4 Å². The fourth-order valence-electron chi connectivity index (χ4n) is 1.01. The lowest BCUT2D eigenvalue weighted by Crippen LogP contribution is -1.75. The van der Waals surface area contributed by atoms with Crippen LogP contribution >= 0.6 is 34.5 Å². The Labute approximate surface area is 90.0 Å². The number of benzene rings is 1. The summed E-state index contributed by atoms with van der Waals surface area (Å²) in [4.78, 5) is 4.84. The molecule has 0 atom stereocenters. The van der Waals surface area contributed by atoms with Crippen LogP contribution in [0.5, 0.6) is 0 Å². The molecule has 0 fully saturated rings. The van der Waals surface area contributed by atoms with E-state index in [1.54, 1.807) is 12.3 Å². The van der Waals surface area contributed by atoms with Crippen molar-refractivity contribution in [1.82, 2.24) is 4.98 Å². The maximum absolute atomic E-state index is 6.02. The van der Waals surface area contributed by atoms with Crippen molar-refractivity contribution >= 4 is 34.5 Å². The Hall–Kier alpha value is -0.570. The number of nitrogens with zero attached hydrogens (tertiary/aromatic N) is 1. The van der Waals surface area contributed by atoms with Gasteiger partial charge in [0.15, 0.2) is 5.51 Å². The monoisotopic (exact) mass is 228 g/mol. The third-order valence-electron chi connectivity index (χ3n) is 1.61. The van der Waals surface area contributed by atoms with Crippen LogP contribution in [0.4, 0.5) is 0 Å². The van der Waals surface area contributed by atoms with Crippen LogP contribution in [0.1, 0.15) is 0 Å². The van der Waals surface area contributed by atoms with E-state index < -0.39 is 0 Å². The van der Waals surface area contributed by atoms with Crippen molar-refractivity contribution in [2.45, 2.75) is 0 Å². The molecule has 0 spiro atoms. The Kier molecular flexibility index (Phi) is 2.54. The average Bonchev–Trinajstić information content (AvgIpc) is 2.62. The van der Waals surface area contributed by atoms with Gasteiger partial charge in [0.25, 0.3) is 0 Å². The van der Waals surface area contributed by atoms with Gasteiger partial charge in [0, 0.05) is 11.8 Å². The van der Waals surface area contributed by atoms with E-state index in [4.69, 9.17) is 23.2 Å². The van der Waals surface area contributed by atoms with Crippen LogP contribution in [0.25, 0.3) is 10.4 Å². The molecule has 0 bridgehead atoms. The van der Waals surface area contributed by atoms with Gasteiger partial charge in [-0.05, 0) is 6.07 Å². The van der Waals surface area contributed by atoms with Crippen molar-refractivity contribution in [1.29, 1.82) is 0 Å². The lowest BCUT2D eigenvalue weighted by molar-refractivity contribution is 1.41. The Morgan fingerprint density at radius 1 is 1.31 bits per heavy atom. The summed E-state index contributed by atoms with van der Waals surface area (Å²) in [5, 5.41) is 1.13. The third-order valence-corrected chi connectivity index (χ3v) is 3.17. The molecule has 1 aromatic heterocycles. The van der Waals surface area contributed by atoms with Gasteiger partial charge in [-0.15, -0.1) is 11.3 Å². The quantitative estimate of drug-likeness (QED) is 0.722. The van der Waals surface area contributed by atoms with E-state index in [2.05, 4.69) is 10.5 Å². The summed E-state index contributed by atoms with van der Waals surface area (Å²) in [5.41, 5.74) is 3.67. The standard InChI is InChI=1S/C9H4Cl2NS/c10-7-3-1-2-6(9(7)11)8-4-12-5-13-8/h1-4H. The normalized spacial score (nSPS) is 10.3. The Morgan fingerprint density at radius 3 is 2.85 bits per heavy atom. The van der Waals surface area contributed by atoms with Gasteiger partial charge in [-0.3, -0.25) is 0 Å². The molecule has 2 aromatic rings. The van der Waals surface area contributed by atoms with Crippen LogP contribution in [0.3, 0.4) is 0 Å². The first-order valence-electron chi connectivity index (χ1n) is 3.55. The summed E-state index contributed by atoms with van der Waals surface area (Å²) in [6, 6.07) is 5.54. The smallest absolute Gasteiger partial charge is 0.152 e. The lowest BCUT2D eigenvalue weighted by Gasteiger charge is -2.01. The van der Waals surface area contributed by atoms with E-state index in [9.17, 15) is 0 Å². The van der Waals surface area contributed by atoms with Crippen molar-refractivity contribution in [3.8, 4) is 10.4 Å². The SMILES string of the molecule is Clc1cccc(-c2cn[c]s2)c1Cl. The summed E-state index contributed by atoms with van der Waals surface area (Å²) in [6.45, 7) is 0. The Morgan fingerprint density at radius 2 is 2.15 bits per heavy atom. The van der Waals surface area contributed by atoms with Crippen molar-refractivity contribution in [2.24, 2.45) is 0 Å². The van der Waals surface area contributed by atoms with Crippen molar-refractivity contribution in [2.75, 3.05) is 0 Å². The second-order valence-corrected chi connectivity index (χ2v) is 4.03. The van der Waals surface area contributed by atoms with Crippen molar-refractivity contribution in [3.63, 3.8) is 0 Å². The molecule has 1 radical (unpaired) electrons. The van der Waals surface area contributed by atoms with E-state index in [-0.39, 0.29) is 0 Å². The first-order chi connectivity index (χ1) is 6.29. The van der Waals surface area contributed by atoms with Crippen LogP contribution in [0.2, 0.25) is 10.0 Å². The molecular formula is C9H4Cl2NS. The van der Waals surface area contributed by atoms with Gasteiger partial charge >= 0.3 is 0 Å². The predicted octanol–water partition coefficient (Wildman–Crippen LogP) is 3.92. The second kappa shape index (κ2) is 3.66. The predicted molar refractivity (Wildman–Crippen MR) is 56.4 cm³/mol. The van der Waals surface area contributed by atoms with Gasteiger partial charge < -0.3 is 0 Å². The molecule has 1 aromatic carbocycles. The van der Waals surface area contributed by atoms with Crippen molar-refractivity contribution in [3.05, 3.63) is 40.0 Å². The summed E-state index contributed by atoms with van der Waals surface area (Å²) < 4.78 is 0. The maximum atomic E-state index is 6.02. The van der Waals surface area contributed by atoms with Crippen LogP contribution in [-0.2, 0) is 0 Å². The molecule has 0 saturated heterocycles. The number of halogens is 2. The van der Waals surface area contributed by atoms with Crippen molar-refractivity contribution < 1.29 is 0 Å². The van der Waals surface area contributed by atoms with Gasteiger partial charge in [-0.1, -0.05) is 35.3 Å². The zero-order valence-electron chi connectivity index (χ0n) is 6.42. The molecule has 4 heteroatoms.